The van der Waals surface area contributed by atoms with Crippen molar-refractivity contribution < 1.29 is 0 Å². The highest BCUT2D eigenvalue weighted by Gasteiger charge is 2.15. The number of rotatable bonds is 7. The Labute approximate surface area is 236 Å². The van der Waals surface area contributed by atoms with Gasteiger partial charge in [-0.15, -0.1) is 0 Å². The van der Waals surface area contributed by atoms with Gasteiger partial charge in [-0.2, -0.15) is 0 Å². The smallest absolute Gasteiger partial charge is 0.127 e. The van der Waals surface area contributed by atoms with Crippen LogP contribution in [0.4, 0.5) is 11.5 Å². The third-order valence-corrected chi connectivity index (χ3v) is 7.43. The van der Waals surface area contributed by atoms with Crippen LogP contribution in [0.3, 0.4) is 0 Å². The van der Waals surface area contributed by atoms with E-state index in [2.05, 4.69) is 93.9 Å². The molecule has 1 aliphatic rings. The monoisotopic (exact) mass is 526 g/mol. The zero-order chi connectivity index (χ0) is 27.3. The lowest BCUT2D eigenvalue weighted by Gasteiger charge is -2.34. The fourth-order valence-electron chi connectivity index (χ4n) is 5.08. The van der Waals surface area contributed by atoms with Crippen molar-refractivity contribution in [3.8, 4) is 33.6 Å². The van der Waals surface area contributed by atoms with Crippen LogP contribution in [0, 0.1) is 6.92 Å². The summed E-state index contributed by atoms with van der Waals surface area (Å²) >= 11 is 0. The topological polar surface area (TPSA) is 57.2 Å². The molecular weight excluding hydrogens is 492 g/mol. The second kappa shape index (κ2) is 11.7. The van der Waals surface area contributed by atoms with Gasteiger partial charge < -0.3 is 15.1 Å². The fourth-order valence-corrected chi connectivity index (χ4v) is 5.08. The number of aryl methyl sites for hydroxylation is 1. The number of hydrogen-bond donors (Lipinski definition) is 1. The van der Waals surface area contributed by atoms with Gasteiger partial charge in [0.15, 0.2) is 0 Å². The van der Waals surface area contributed by atoms with E-state index in [9.17, 15) is 0 Å². The number of anilines is 2. The number of likely N-dealkylation sites (N-methyl/N-ethyl adjacent to an activating group) is 1. The number of nitrogens with zero attached hydrogens (tertiary/aromatic N) is 5. The summed E-state index contributed by atoms with van der Waals surface area (Å²) in [4.78, 5) is 19.1. The quantitative estimate of drug-likeness (QED) is 0.260. The number of aromatic nitrogens is 3. The van der Waals surface area contributed by atoms with Gasteiger partial charge in [-0.05, 0) is 73.1 Å². The first-order chi connectivity index (χ1) is 19.6. The largest absolute Gasteiger partial charge is 0.369 e. The molecule has 0 unspecified atom stereocenters. The molecule has 1 N–H and O–H groups in total. The minimum Gasteiger partial charge on any atom is -0.369 e. The number of benzene rings is 2. The van der Waals surface area contributed by atoms with Crippen molar-refractivity contribution in [2.45, 2.75) is 13.5 Å². The van der Waals surface area contributed by atoms with Crippen LogP contribution >= 0.6 is 0 Å². The van der Waals surface area contributed by atoms with Gasteiger partial charge in [-0.1, -0.05) is 48.5 Å². The second-order valence-corrected chi connectivity index (χ2v) is 10.4. The Morgan fingerprint density at radius 2 is 1.43 bits per heavy atom. The molecule has 0 spiro atoms. The van der Waals surface area contributed by atoms with Crippen molar-refractivity contribution in [3.63, 3.8) is 0 Å². The van der Waals surface area contributed by atoms with E-state index in [4.69, 9.17) is 9.97 Å². The Bertz CT molecular complexity index is 1570. The summed E-state index contributed by atoms with van der Waals surface area (Å²) in [6.07, 6.45) is 3.86. The number of nitrogens with one attached hydrogen (secondary N) is 1. The highest BCUT2D eigenvalue weighted by Crippen LogP contribution is 2.31. The summed E-state index contributed by atoms with van der Waals surface area (Å²) in [7, 11) is 2.19. The maximum Gasteiger partial charge on any atom is 0.127 e. The van der Waals surface area contributed by atoms with Crippen molar-refractivity contribution in [1.82, 2.24) is 19.9 Å². The molecule has 4 heterocycles. The number of pyridine rings is 3. The van der Waals surface area contributed by atoms with Gasteiger partial charge in [-0.25, -0.2) is 4.98 Å². The Balaban J connectivity index is 1.30. The molecule has 6 nitrogen and oxygen atoms in total. The molecule has 0 bridgehead atoms. The van der Waals surface area contributed by atoms with Crippen LogP contribution in [0.1, 0.15) is 11.3 Å². The number of piperazine rings is 1. The van der Waals surface area contributed by atoms with E-state index in [-0.39, 0.29) is 0 Å². The average Bonchev–Trinajstić information content (AvgIpc) is 3.01. The Kier molecular flexibility index (Phi) is 7.51. The molecule has 3 aromatic heterocycles. The molecule has 6 rings (SSSR count). The minimum atomic E-state index is 0.690. The normalized spacial score (nSPS) is 13.8. The first-order valence-corrected chi connectivity index (χ1v) is 13.8. The van der Waals surface area contributed by atoms with E-state index in [1.54, 1.807) is 0 Å². The predicted molar refractivity (Wildman–Crippen MR) is 164 cm³/mol. The zero-order valence-corrected chi connectivity index (χ0v) is 23.1. The van der Waals surface area contributed by atoms with Gasteiger partial charge in [0, 0.05) is 67.6 Å². The summed E-state index contributed by atoms with van der Waals surface area (Å²) < 4.78 is 0. The van der Waals surface area contributed by atoms with Crippen molar-refractivity contribution in [1.29, 1.82) is 0 Å². The highest BCUT2D eigenvalue weighted by molar-refractivity contribution is 5.76. The van der Waals surface area contributed by atoms with E-state index in [0.717, 1.165) is 71.3 Å². The third kappa shape index (κ3) is 6.03. The van der Waals surface area contributed by atoms with Crippen LogP contribution in [0.25, 0.3) is 33.6 Å². The molecule has 0 amide bonds. The van der Waals surface area contributed by atoms with Crippen molar-refractivity contribution in [2.24, 2.45) is 0 Å². The van der Waals surface area contributed by atoms with Gasteiger partial charge in [-0.3, -0.25) is 9.97 Å². The maximum absolute atomic E-state index is 4.92. The lowest BCUT2D eigenvalue weighted by Crippen LogP contribution is -2.44. The van der Waals surface area contributed by atoms with Crippen molar-refractivity contribution in [2.75, 3.05) is 43.4 Å². The Hall–Kier alpha value is -4.55. The van der Waals surface area contributed by atoms with Crippen LogP contribution in [-0.4, -0.2) is 53.1 Å². The van der Waals surface area contributed by atoms with Crippen molar-refractivity contribution in [3.05, 3.63) is 115 Å². The molecule has 0 atom stereocenters. The summed E-state index contributed by atoms with van der Waals surface area (Å²) in [5.74, 6) is 0.807. The molecule has 0 aliphatic carbocycles. The third-order valence-electron chi connectivity index (χ3n) is 7.43. The van der Waals surface area contributed by atoms with Gasteiger partial charge in [0.2, 0.25) is 0 Å². The first kappa shape index (κ1) is 25.7. The van der Waals surface area contributed by atoms with Gasteiger partial charge in [0.25, 0.3) is 0 Å². The highest BCUT2D eigenvalue weighted by atomic mass is 15.2. The fraction of sp³-hybridized carbons (Fsp3) is 0.206. The Morgan fingerprint density at radius 1 is 0.675 bits per heavy atom. The van der Waals surface area contributed by atoms with Crippen LogP contribution in [0.15, 0.2) is 103 Å². The summed E-state index contributed by atoms with van der Waals surface area (Å²) in [6, 6.07) is 31.7. The predicted octanol–water partition coefficient (Wildman–Crippen LogP) is 6.54. The van der Waals surface area contributed by atoms with Crippen LogP contribution in [0.5, 0.6) is 0 Å². The van der Waals surface area contributed by atoms with E-state index < -0.39 is 0 Å². The summed E-state index contributed by atoms with van der Waals surface area (Å²) in [5, 5.41) is 3.52. The molecule has 200 valence electrons. The number of hydrogen-bond acceptors (Lipinski definition) is 6. The lowest BCUT2D eigenvalue weighted by atomic mass is 10.0. The van der Waals surface area contributed by atoms with E-state index in [1.807, 2.05) is 43.6 Å². The molecule has 1 fully saturated rings. The van der Waals surface area contributed by atoms with Gasteiger partial charge >= 0.3 is 0 Å². The first-order valence-electron chi connectivity index (χ1n) is 13.8. The van der Waals surface area contributed by atoms with E-state index in [0.29, 0.717) is 6.54 Å². The van der Waals surface area contributed by atoms with E-state index >= 15 is 0 Å². The zero-order valence-electron chi connectivity index (χ0n) is 23.1. The van der Waals surface area contributed by atoms with Gasteiger partial charge in [0.05, 0.1) is 11.4 Å². The summed E-state index contributed by atoms with van der Waals surface area (Å²) in [6.45, 7) is 7.02. The van der Waals surface area contributed by atoms with E-state index in [1.165, 1.54) is 11.3 Å². The minimum absolute atomic E-state index is 0.690. The van der Waals surface area contributed by atoms with Crippen LogP contribution in [-0.2, 0) is 6.54 Å². The molecule has 6 heteroatoms. The molecule has 2 aromatic carbocycles. The van der Waals surface area contributed by atoms with Gasteiger partial charge in [0.1, 0.15) is 5.82 Å². The Morgan fingerprint density at radius 3 is 2.17 bits per heavy atom. The van der Waals surface area contributed by atoms with Crippen molar-refractivity contribution >= 4 is 11.5 Å². The standard InChI is InChI=1S/C34H34N6/c1-25-7-6-10-32(37-25)33-20-28(21-34(38-33)36-22-26-8-4-3-5-9-26)30-19-29(23-35-24-30)27-11-13-31(14-12-27)40-17-15-39(2)16-18-40/h3-14,19-21,23-24H,15-18,22H2,1-2H3,(H,36,38). The molecule has 40 heavy (non-hydrogen) atoms. The summed E-state index contributed by atoms with van der Waals surface area (Å²) in [5.41, 5.74) is 9.47. The van der Waals surface area contributed by atoms with Crippen LogP contribution < -0.4 is 10.2 Å². The second-order valence-electron chi connectivity index (χ2n) is 10.4. The molecule has 5 aromatic rings. The molecule has 1 saturated heterocycles. The average molecular weight is 527 g/mol. The van der Waals surface area contributed by atoms with Crippen LogP contribution in [0.2, 0.25) is 0 Å². The SMILES string of the molecule is Cc1cccc(-c2cc(-c3cncc(-c4ccc(N5CCN(C)CC5)cc4)c3)cc(NCc3ccccc3)n2)n1. The molecule has 0 saturated carbocycles. The molecular formula is C34H34N6. The lowest BCUT2D eigenvalue weighted by molar-refractivity contribution is 0.313. The molecule has 1 aliphatic heterocycles. The molecule has 0 radical (unpaired) electrons. The maximum atomic E-state index is 4.92.